The lowest BCUT2D eigenvalue weighted by atomic mass is 10.2. The van der Waals surface area contributed by atoms with Gasteiger partial charge in [-0.1, -0.05) is 13.3 Å². The molecule has 0 spiro atoms. The number of hydrogen-bond acceptors (Lipinski definition) is 4. The zero-order valence-electron chi connectivity index (χ0n) is 9.31. The highest BCUT2D eigenvalue weighted by Gasteiger charge is 2.31. The SMILES string of the molecule is CCCCN1C(=O)CN(CC(=O)O)CC1=O. The van der Waals surface area contributed by atoms with Crippen molar-refractivity contribution in [1.29, 1.82) is 0 Å². The van der Waals surface area contributed by atoms with E-state index >= 15 is 0 Å². The first-order valence-corrected chi connectivity index (χ1v) is 5.32. The third-order valence-corrected chi connectivity index (χ3v) is 2.41. The van der Waals surface area contributed by atoms with Crippen LogP contribution in [-0.4, -0.2) is 58.9 Å². The molecule has 16 heavy (non-hydrogen) atoms. The van der Waals surface area contributed by atoms with Crippen LogP contribution in [0.4, 0.5) is 0 Å². The van der Waals surface area contributed by atoms with Gasteiger partial charge in [-0.3, -0.25) is 24.2 Å². The van der Waals surface area contributed by atoms with Crippen LogP contribution in [0.15, 0.2) is 0 Å². The lowest BCUT2D eigenvalue weighted by molar-refractivity contribution is -0.152. The van der Waals surface area contributed by atoms with E-state index in [9.17, 15) is 14.4 Å². The molecule has 0 aromatic rings. The standard InChI is InChI=1S/C10H16N2O4/c1-2-3-4-12-8(13)5-11(6-9(12)14)7-10(15)16/h2-7H2,1H3,(H,15,16). The van der Waals surface area contributed by atoms with Crippen molar-refractivity contribution in [3.63, 3.8) is 0 Å². The molecule has 2 amide bonds. The van der Waals surface area contributed by atoms with Crippen LogP contribution in [0.1, 0.15) is 19.8 Å². The molecule has 0 unspecified atom stereocenters. The summed E-state index contributed by atoms with van der Waals surface area (Å²) in [6.07, 6.45) is 1.70. The van der Waals surface area contributed by atoms with Crippen molar-refractivity contribution < 1.29 is 19.5 Å². The summed E-state index contributed by atoms with van der Waals surface area (Å²) in [5.41, 5.74) is 0. The molecule has 0 aromatic carbocycles. The summed E-state index contributed by atoms with van der Waals surface area (Å²) < 4.78 is 0. The van der Waals surface area contributed by atoms with Crippen LogP contribution in [0.3, 0.4) is 0 Å². The van der Waals surface area contributed by atoms with Crippen molar-refractivity contribution >= 4 is 17.8 Å². The van der Waals surface area contributed by atoms with Crippen molar-refractivity contribution in [1.82, 2.24) is 9.80 Å². The van der Waals surface area contributed by atoms with Gasteiger partial charge in [0, 0.05) is 6.54 Å². The molecule has 0 saturated carbocycles. The molecule has 1 aliphatic rings. The van der Waals surface area contributed by atoms with Gasteiger partial charge in [0.05, 0.1) is 19.6 Å². The number of hydrogen-bond donors (Lipinski definition) is 1. The number of rotatable bonds is 5. The predicted molar refractivity (Wildman–Crippen MR) is 55.7 cm³/mol. The Balaban J connectivity index is 2.53. The third kappa shape index (κ3) is 3.30. The minimum atomic E-state index is -1.03. The van der Waals surface area contributed by atoms with Crippen molar-refractivity contribution in [3.8, 4) is 0 Å². The number of aliphatic carboxylic acids is 1. The number of unbranched alkanes of at least 4 members (excludes halogenated alkanes) is 1. The van der Waals surface area contributed by atoms with Gasteiger partial charge in [-0.15, -0.1) is 0 Å². The van der Waals surface area contributed by atoms with E-state index in [1.807, 2.05) is 6.92 Å². The summed E-state index contributed by atoms with van der Waals surface area (Å²) in [6.45, 7) is 2.19. The van der Waals surface area contributed by atoms with Crippen LogP contribution in [-0.2, 0) is 14.4 Å². The molecule has 1 heterocycles. The topological polar surface area (TPSA) is 77.9 Å². The quantitative estimate of drug-likeness (QED) is 0.644. The second kappa shape index (κ2) is 5.60. The van der Waals surface area contributed by atoms with Gasteiger partial charge in [-0.25, -0.2) is 0 Å². The van der Waals surface area contributed by atoms with Gasteiger partial charge in [0.15, 0.2) is 0 Å². The van der Waals surface area contributed by atoms with Crippen molar-refractivity contribution in [2.45, 2.75) is 19.8 Å². The first-order valence-electron chi connectivity index (χ1n) is 5.32. The number of carboxylic acids is 1. The lowest BCUT2D eigenvalue weighted by Crippen LogP contribution is -2.55. The number of piperazine rings is 1. The summed E-state index contributed by atoms with van der Waals surface area (Å²) in [4.78, 5) is 36.2. The van der Waals surface area contributed by atoms with Crippen molar-refractivity contribution in [3.05, 3.63) is 0 Å². The zero-order chi connectivity index (χ0) is 12.1. The number of carbonyl (C=O) groups excluding carboxylic acids is 2. The molecule has 1 aliphatic heterocycles. The number of carboxylic acid groups (broad SMARTS) is 1. The van der Waals surface area contributed by atoms with Crippen LogP contribution in [0.5, 0.6) is 0 Å². The minimum absolute atomic E-state index is 0.0156. The third-order valence-electron chi connectivity index (χ3n) is 2.41. The predicted octanol–water partition coefficient (Wildman–Crippen LogP) is -0.458. The molecular formula is C10H16N2O4. The Morgan fingerprint density at radius 2 is 1.88 bits per heavy atom. The monoisotopic (exact) mass is 228 g/mol. The highest BCUT2D eigenvalue weighted by molar-refractivity contribution is 5.99. The number of carbonyl (C=O) groups is 3. The van der Waals surface area contributed by atoms with Crippen LogP contribution < -0.4 is 0 Å². The van der Waals surface area contributed by atoms with E-state index in [1.54, 1.807) is 0 Å². The summed E-state index contributed by atoms with van der Waals surface area (Å²) in [7, 11) is 0. The molecule has 0 radical (unpaired) electrons. The van der Waals surface area contributed by atoms with Crippen LogP contribution in [0, 0.1) is 0 Å². The molecule has 0 bridgehead atoms. The molecule has 1 saturated heterocycles. The molecule has 0 aliphatic carbocycles. The second-order valence-electron chi connectivity index (χ2n) is 3.83. The smallest absolute Gasteiger partial charge is 0.317 e. The van der Waals surface area contributed by atoms with Gasteiger partial charge in [-0.05, 0) is 6.42 Å². The number of nitrogens with zero attached hydrogens (tertiary/aromatic N) is 2. The molecule has 90 valence electrons. The Morgan fingerprint density at radius 1 is 1.31 bits per heavy atom. The fraction of sp³-hybridized carbons (Fsp3) is 0.700. The van der Waals surface area contributed by atoms with Gasteiger partial charge in [0.2, 0.25) is 11.8 Å². The maximum atomic E-state index is 11.6. The zero-order valence-corrected chi connectivity index (χ0v) is 9.31. The van der Waals surface area contributed by atoms with Crippen LogP contribution in [0.2, 0.25) is 0 Å². The van der Waals surface area contributed by atoms with E-state index in [4.69, 9.17) is 5.11 Å². The normalized spacial score (nSPS) is 17.9. The first-order chi connectivity index (χ1) is 7.54. The molecule has 1 fully saturated rings. The largest absolute Gasteiger partial charge is 0.480 e. The Labute approximate surface area is 93.8 Å². The minimum Gasteiger partial charge on any atom is -0.480 e. The maximum Gasteiger partial charge on any atom is 0.317 e. The number of imide groups is 1. The van der Waals surface area contributed by atoms with E-state index in [2.05, 4.69) is 0 Å². The average molecular weight is 228 g/mol. The summed E-state index contributed by atoms with van der Waals surface area (Å²) in [5.74, 6) is -1.63. The Hall–Kier alpha value is -1.43. The summed E-state index contributed by atoms with van der Waals surface area (Å²) >= 11 is 0. The fourth-order valence-electron chi connectivity index (χ4n) is 1.62. The van der Waals surface area contributed by atoms with Gasteiger partial charge >= 0.3 is 5.97 Å². The Bertz CT molecular complexity index is 285. The maximum absolute atomic E-state index is 11.6. The van der Waals surface area contributed by atoms with Crippen molar-refractivity contribution in [2.75, 3.05) is 26.2 Å². The average Bonchev–Trinajstić information content (AvgIpc) is 2.15. The van der Waals surface area contributed by atoms with Gasteiger partial charge in [0.1, 0.15) is 0 Å². The highest BCUT2D eigenvalue weighted by Crippen LogP contribution is 2.06. The highest BCUT2D eigenvalue weighted by atomic mass is 16.4. The second-order valence-corrected chi connectivity index (χ2v) is 3.83. The summed E-state index contributed by atoms with van der Waals surface area (Å²) in [5, 5.41) is 8.57. The first kappa shape index (κ1) is 12.6. The van der Waals surface area contributed by atoms with Crippen molar-refractivity contribution in [2.24, 2.45) is 0 Å². The lowest BCUT2D eigenvalue weighted by Gasteiger charge is -2.31. The van der Waals surface area contributed by atoms with Gasteiger partial charge < -0.3 is 5.11 Å². The number of amides is 2. The van der Waals surface area contributed by atoms with Crippen LogP contribution >= 0.6 is 0 Å². The molecular weight excluding hydrogens is 212 g/mol. The van der Waals surface area contributed by atoms with Gasteiger partial charge in [0.25, 0.3) is 0 Å². The molecule has 1 N–H and O–H groups in total. The van der Waals surface area contributed by atoms with Crippen LogP contribution in [0.25, 0.3) is 0 Å². The van der Waals surface area contributed by atoms with E-state index in [-0.39, 0.29) is 31.4 Å². The summed E-state index contributed by atoms with van der Waals surface area (Å²) in [6, 6.07) is 0. The molecule has 6 heteroatoms. The molecule has 6 nitrogen and oxygen atoms in total. The van der Waals surface area contributed by atoms with E-state index < -0.39 is 5.97 Å². The molecule has 0 aromatic heterocycles. The molecule has 0 atom stereocenters. The molecule has 1 rings (SSSR count). The Morgan fingerprint density at radius 3 is 2.31 bits per heavy atom. The van der Waals surface area contributed by atoms with E-state index in [0.717, 1.165) is 12.8 Å². The van der Waals surface area contributed by atoms with E-state index in [0.29, 0.717) is 6.54 Å². The van der Waals surface area contributed by atoms with E-state index in [1.165, 1.54) is 9.80 Å². The Kier molecular flexibility index (Phi) is 4.42. The van der Waals surface area contributed by atoms with Gasteiger partial charge in [-0.2, -0.15) is 0 Å². The fourth-order valence-corrected chi connectivity index (χ4v) is 1.62.